The van der Waals surface area contributed by atoms with E-state index in [1.807, 2.05) is 6.92 Å². The Morgan fingerprint density at radius 3 is 2.70 bits per heavy atom. The summed E-state index contributed by atoms with van der Waals surface area (Å²) in [6, 6.07) is 9.22. The number of nitrogens with two attached hydrogens (primary N) is 1. The molecule has 0 aliphatic carbocycles. The molecule has 0 aliphatic rings. The van der Waals surface area contributed by atoms with E-state index in [1.165, 1.54) is 24.3 Å². The molecule has 3 aromatic rings. The van der Waals surface area contributed by atoms with Crippen molar-refractivity contribution in [3.05, 3.63) is 75.3 Å². The van der Waals surface area contributed by atoms with Crippen molar-refractivity contribution in [2.45, 2.75) is 13.5 Å². The summed E-state index contributed by atoms with van der Waals surface area (Å²) in [4.78, 5) is 15.0. The Balaban J connectivity index is 1.79. The van der Waals surface area contributed by atoms with Crippen LogP contribution in [0.1, 0.15) is 21.6 Å². The number of anilines is 1. The summed E-state index contributed by atoms with van der Waals surface area (Å²) in [6.45, 7) is 1.83. The van der Waals surface area contributed by atoms with Crippen molar-refractivity contribution >= 4 is 34.8 Å². The van der Waals surface area contributed by atoms with E-state index in [0.717, 1.165) is 5.56 Å². The van der Waals surface area contributed by atoms with Crippen molar-refractivity contribution in [3.63, 3.8) is 0 Å². The van der Waals surface area contributed by atoms with Crippen LogP contribution in [0.2, 0.25) is 10.0 Å². The Bertz CT molecular complexity index is 984. The Hall–Kier alpha value is -2.70. The average Bonchev–Trinajstić information content (AvgIpc) is 3.03. The van der Waals surface area contributed by atoms with E-state index in [4.69, 9.17) is 33.7 Å². The van der Waals surface area contributed by atoms with Crippen molar-refractivity contribution < 1.29 is 13.9 Å². The summed E-state index contributed by atoms with van der Waals surface area (Å²) in [5.74, 6) is -0.934. The number of rotatable bonds is 5. The number of aryl methyl sites for hydroxylation is 1. The number of nitrogens with one attached hydrogen (secondary N) is 2. The van der Waals surface area contributed by atoms with Crippen molar-refractivity contribution in [2.75, 3.05) is 5.73 Å². The number of hydrogen-bond donors (Lipinski definition) is 3. The van der Waals surface area contributed by atoms with Gasteiger partial charge >= 0.3 is 0 Å². The molecule has 0 saturated carbocycles. The van der Waals surface area contributed by atoms with Gasteiger partial charge in [-0.05, 0) is 36.8 Å². The lowest BCUT2D eigenvalue weighted by Gasteiger charge is -2.13. The van der Waals surface area contributed by atoms with Crippen LogP contribution in [-0.2, 0) is 6.54 Å². The molecule has 4 N–H and O–H groups in total. The minimum Gasteiger partial charge on any atom is -0.453 e. The highest BCUT2D eigenvalue weighted by Gasteiger charge is 2.16. The van der Waals surface area contributed by atoms with Crippen LogP contribution in [0.25, 0.3) is 0 Å². The van der Waals surface area contributed by atoms with E-state index in [9.17, 15) is 9.18 Å². The number of H-pyrrole nitrogens is 1. The van der Waals surface area contributed by atoms with Gasteiger partial charge in [-0.2, -0.15) is 0 Å². The van der Waals surface area contributed by atoms with Gasteiger partial charge in [0.05, 0.1) is 5.02 Å². The monoisotopic (exact) mass is 407 g/mol. The summed E-state index contributed by atoms with van der Waals surface area (Å²) in [5.41, 5.74) is 7.63. The standard InChI is InChI=1S/C19H16Cl2FN3O2/c1-10-4-16(24-8-10)19(26)25-9-11-2-3-15(21)18(17(11)22)27-14-6-12(20)5-13(23)7-14/h2-8,24H,9,23H2,1H3,(H,25,26). The van der Waals surface area contributed by atoms with Crippen LogP contribution in [0.4, 0.5) is 10.1 Å². The van der Waals surface area contributed by atoms with Crippen LogP contribution >= 0.6 is 23.2 Å². The van der Waals surface area contributed by atoms with E-state index in [0.29, 0.717) is 16.4 Å². The van der Waals surface area contributed by atoms with Crippen LogP contribution in [0, 0.1) is 12.7 Å². The normalized spacial score (nSPS) is 10.7. The third-order valence-corrected chi connectivity index (χ3v) is 4.27. The molecule has 27 heavy (non-hydrogen) atoms. The molecule has 0 atom stereocenters. The number of benzene rings is 2. The van der Waals surface area contributed by atoms with Crippen LogP contribution in [0.15, 0.2) is 42.6 Å². The van der Waals surface area contributed by atoms with E-state index in [-0.39, 0.29) is 34.5 Å². The number of carbonyl (C=O) groups is 1. The number of hydrogen-bond acceptors (Lipinski definition) is 3. The maximum atomic E-state index is 14.8. The molecule has 0 fully saturated rings. The second-order valence-electron chi connectivity index (χ2n) is 5.95. The molecule has 1 heterocycles. The maximum absolute atomic E-state index is 14.8. The fourth-order valence-electron chi connectivity index (χ4n) is 2.47. The highest BCUT2D eigenvalue weighted by atomic mass is 35.5. The first kappa shape index (κ1) is 19.1. The predicted molar refractivity (Wildman–Crippen MR) is 104 cm³/mol. The molecule has 8 heteroatoms. The zero-order valence-corrected chi connectivity index (χ0v) is 15.8. The Labute approximate surface area is 165 Å². The first-order valence-corrected chi connectivity index (χ1v) is 8.73. The molecule has 1 aromatic heterocycles. The molecular formula is C19H16Cl2FN3O2. The van der Waals surface area contributed by atoms with Crippen LogP contribution in [-0.4, -0.2) is 10.9 Å². The van der Waals surface area contributed by atoms with Crippen molar-refractivity contribution in [1.82, 2.24) is 10.3 Å². The Kier molecular flexibility index (Phi) is 5.58. The van der Waals surface area contributed by atoms with E-state index in [1.54, 1.807) is 18.3 Å². The number of carbonyl (C=O) groups excluding carboxylic acids is 1. The minimum atomic E-state index is -0.677. The van der Waals surface area contributed by atoms with Crippen LogP contribution in [0.5, 0.6) is 11.5 Å². The number of ether oxygens (including phenoxy) is 1. The average molecular weight is 408 g/mol. The summed E-state index contributed by atoms with van der Waals surface area (Å²) < 4.78 is 20.4. The predicted octanol–water partition coefficient (Wildman–Crippen LogP) is 5.07. The van der Waals surface area contributed by atoms with Gasteiger partial charge < -0.3 is 20.8 Å². The van der Waals surface area contributed by atoms with E-state index < -0.39 is 5.82 Å². The van der Waals surface area contributed by atoms with E-state index >= 15 is 0 Å². The summed E-state index contributed by atoms with van der Waals surface area (Å²) >= 11 is 12.0. The first-order valence-electron chi connectivity index (χ1n) is 7.97. The SMILES string of the molecule is Cc1c[nH]c(C(=O)NCc2ccc(Cl)c(Oc3cc(N)cc(Cl)c3)c2F)c1. The highest BCUT2D eigenvalue weighted by molar-refractivity contribution is 6.32. The third kappa shape index (κ3) is 4.53. The zero-order chi connectivity index (χ0) is 19.6. The maximum Gasteiger partial charge on any atom is 0.267 e. The second kappa shape index (κ2) is 7.90. The first-order chi connectivity index (χ1) is 12.8. The topological polar surface area (TPSA) is 80.1 Å². The van der Waals surface area contributed by atoms with Gasteiger partial charge in [-0.3, -0.25) is 4.79 Å². The van der Waals surface area contributed by atoms with E-state index in [2.05, 4.69) is 10.3 Å². The summed E-state index contributed by atoms with van der Waals surface area (Å²) in [6.07, 6.45) is 1.71. The lowest BCUT2D eigenvalue weighted by Crippen LogP contribution is -2.23. The van der Waals surface area contributed by atoms with Gasteiger partial charge in [0, 0.05) is 35.1 Å². The fraction of sp³-hybridized carbons (Fsp3) is 0.105. The number of amides is 1. The van der Waals surface area contributed by atoms with Gasteiger partial charge in [0.2, 0.25) is 0 Å². The number of aromatic amines is 1. The fourth-order valence-corrected chi connectivity index (χ4v) is 2.89. The number of aromatic nitrogens is 1. The van der Waals surface area contributed by atoms with Gasteiger partial charge in [-0.1, -0.05) is 29.3 Å². The van der Waals surface area contributed by atoms with Gasteiger partial charge in [-0.25, -0.2) is 4.39 Å². The molecule has 1 amide bonds. The lowest BCUT2D eigenvalue weighted by atomic mass is 10.2. The summed E-state index contributed by atoms with van der Waals surface area (Å²) in [5, 5.41) is 3.09. The molecule has 0 saturated heterocycles. The molecular weight excluding hydrogens is 392 g/mol. The Morgan fingerprint density at radius 1 is 1.26 bits per heavy atom. The Morgan fingerprint density at radius 2 is 2.04 bits per heavy atom. The largest absolute Gasteiger partial charge is 0.453 e. The van der Waals surface area contributed by atoms with Gasteiger partial charge in [0.15, 0.2) is 11.6 Å². The van der Waals surface area contributed by atoms with Crippen LogP contribution in [0.3, 0.4) is 0 Å². The quantitative estimate of drug-likeness (QED) is 0.516. The molecule has 0 aliphatic heterocycles. The highest BCUT2D eigenvalue weighted by Crippen LogP contribution is 2.35. The number of nitrogen functional groups attached to an aromatic ring is 1. The molecule has 0 spiro atoms. The zero-order valence-electron chi connectivity index (χ0n) is 14.3. The minimum absolute atomic E-state index is 0.0338. The third-order valence-electron chi connectivity index (χ3n) is 3.75. The van der Waals surface area contributed by atoms with Crippen molar-refractivity contribution in [2.24, 2.45) is 0 Å². The van der Waals surface area contributed by atoms with Gasteiger partial charge in [0.1, 0.15) is 11.4 Å². The molecule has 0 radical (unpaired) electrons. The molecule has 2 aromatic carbocycles. The lowest BCUT2D eigenvalue weighted by molar-refractivity contribution is 0.0946. The molecule has 0 unspecified atom stereocenters. The molecule has 3 rings (SSSR count). The summed E-state index contributed by atoms with van der Waals surface area (Å²) in [7, 11) is 0. The van der Waals surface area contributed by atoms with Crippen molar-refractivity contribution in [1.29, 1.82) is 0 Å². The second-order valence-corrected chi connectivity index (χ2v) is 6.79. The molecule has 140 valence electrons. The molecule has 5 nitrogen and oxygen atoms in total. The smallest absolute Gasteiger partial charge is 0.267 e. The van der Waals surface area contributed by atoms with Gasteiger partial charge in [-0.15, -0.1) is 0 Å². The van der Waals surface area contributed by atoms with Gasteiger partial charge in [0.25, 0.3) is 5.91 Å². The molecule has 0 bridgehead atoms. The van der Waals surface area contributed by atoms with Crippen molar-refractivity contribution in [3.8, 4) is 11.5 Å². The van der Waals surface area contributed by atoms with Crippen LogP contribution < -0.4 is 15.8 Å². The number of halogens is 3.